The molecule has 0 fully saturated rings. The first-order valence-corrected chi connectivity index (χ1v) is 15.4. The lowest BCUT2D eigenvalue weighted by molar-refractivity contribution is 0.269. The summed E-state index contributed by atoms with van der Waals surface area (Å²) >= 11 is 0. The number of rotatable bonds is 7. The van der Waals surface area contributed by atoms with Crippen LogP contribution in [0.1, 0.15) is 11.5 Å². The number of hydrogen-bond acceptors (Lipinski definition) is 3. The van der Waals surface area contributed by atoms with Crippen molar-refractivity contribution in [1.82, 2.24) is 0 Å². The Kier molecular flexibility index (Phi) is 6.97. The third-order valence-corrected chi connectivity index (χ3v) is 8.60. The van der Waals surface area contributed by atoms with E-state index in [2.05, 4.69) is 168 Å². The molecule has 0 saturated carbocycles. The molecule has 1 aliphatic carbocycles. The number of benzene rings is 6. The van der Waals surface area contributed by atoms with E-state index in [1.165, 1.54) is 27.8 Å². The number of fused-ring (bicyclic) bond motifs is 3. The molecule has 1 N–H and O–H groups in total. The van der Waals surface area contributed by atoms with Crippen molar-refractivity contribution in [3.05, 3.63) is 182 Å². The maximum absolute atomic E-state index is 6.35. The summed E-state index contributed by atoms with van der Waals surface area (Å²) in [4.78, 5) is 2.29. The zero-order valence-corrected chi connectivity index (χ0v) is 24.8. The minimum atomic E-state index is 0.0760. The molecule has 0 bridgehead atoms. The summed E-state index contributed by atoms with van der Waals surface area (Å²) < 4.78 is 6.35. The maximum atomic E-state index is 6.35. The lowest BCUT2D eigenvalue weighted by atomic mass is 9.92. The molecule has 2 atom stereocenters. The Hall–Kier alpha value is -5.80. The summed E-state index contributed by atoms with van der Waals surface area (Å²) in [5, 5.41) is 3.45. The minimum absolute atomic E-state index is 0.0760. The van der Waals surface area contributed by atoms with Crippen LogP contribution in [-0.4, -0.2) is 6.10 Å². The van der Waals surface area contributed by atoms with Crippen molar-refractivity contribution in [3.63, 3.8) is 0 Å². The second kappa shape index (κ2) is 11.7. The molecular weight excluding hydrogens is 548 g/mol. The third-order valence-electron chi connectivity index (χ3n) is 8.60. The van der Waals surface area contributed by atoms with Gasteiger partial charge >= 0.3 is 0 Å². The van der Waals surface area contributed by atoms with Crippen LogP contribution < -0.4 is 15.0 Å². The Bertz CT molecular complexity index is 1980. The molecule has 0 spiro atoms. The molecule has 1 heterocycles. The highest BCUT2D eigenvalue weighted by Gasteiger charge is 2.32. The quantitative estimate of drug-likeness (QED) is 0.203. The molecule has 216 valence electrons. The Morgan fingerprint density at radius 1 is 0.467 bits per heavy atom. The summed E-state index contributed by atoms with van der Waals surface area (Å²) in [6, 6.07) is 53.6. The van der Waals surface area contributed by atoms with Crippen LogP contribution in [0.5, 0.6) is 5.75 Å². The highest BCUT2D eigenvalue weighted by atomic mass is 16.5. The number of anilines is 5. The van der Waals surface area contributed by atoms with E-state index in [9.17, 15) is 0 Å². The van der Waals surface area contributed by atoms with Crippen molar-refractivity contribution < 1.29 is 4.74 Å². The SMILES string of the molecule is C1=CC2Oc3cc(N(c4ccccc4)c4ccc(-c5ccc(-c6ccc(Nc7ccccc7)cc6)cc5)cc4)ccc3C2C=C1. The first kappa shape index (κ1) is 26.8. The minimum Gasteiger partial charge on any atom is -0.485 e. The largest absolute Gasteiger partial charge is 0.485 e. The molecule has 3 nitrogen and oxygen atoms in total. The summed E-state index contributed by atoms with van der Waals surface area (Å²) in [7, 11) is 0. The predicted molar refractivity (Wildman–Crippen MR) is 187 cm³/mol. The molecule has 0 saturated heterocycles. The van der Waals surface area contributed by atoms with Gasteiger partial charge in [-0.1, -0.05) is 109 Å². The summed E-state index contributed by atoms with van der Waals surface area (Å²) in [6.07, 6.45) is 8.64. The second-order valence-electron chi connectivity index (χ2n) is 11.5. The fourth-order valence-corrected chi connectivity index (χ4v) is 6.28. The lowest BCUT2D eigenvalue weighted by Gasteiger charge is -2.26. The van der Waals surface area contributed by atoms with Crippen LogP contribution >= 0.6 is 0 Å². The van der Waals surface area contributed by atoms with Gasteiger partial charge in [0.2, 0.25) is 0 Å². The Morgan fingerprint density at radius 3 is 1.64 bits per heavy atom. The Labute approximate surface area is 264 Å². The van der Waals surface area contributed by atoms with Crippen LogP contribution in [0.15, 0.2) is 176 Å². The van der Waals surface area contributed by atoms with Crippen molar-refractivity contribution >= 4 is 28.4 Å². The smallest absolute Gasteiger partial charge is 0.128 e. The summed E-state index contributed by atoms with van der Waals surface area (Å²) in [5.41, 5.74) is 11.4. The molecule has 2 aliphatic rings. The van der Waals surface area contributed by atoms with Crippen molar-refractivity contribution in [3.8, 4) is 28.0 Å². The van der Waals surface area contributed by atoms with Crippen LogP contribution in [-0.2, 0) is 0 Å². The molecular formula is C42H32N2O. The molecule has 1 aliphatic heterocycles. The zero-order valence-electron chi connectivity index (χ0n) is 24.8. The first-order chi connectivity index (χ1) is 22.3. The molecule has 2 unspecified atom stereocenters. The van der Waals surface area contributed by atoms with Crippen molar-refractivity contribution in [2.45, 2.75) is 12.0 Å². The van der Waals surface area contributed by atoms with E-state index in [0.717, 1.165) is 34.2 Å². The van der Waals surface area contributed by atoms with Crippen LogP contribution in [0, 0.1) is 0 Å². The second-order valence-corrected chi connectivity index (χ2v) is 11.5. The maximum Gasteiger partial charge on any atom is 0.128 e. The van der Waals surface area contributed by atoms with Gasteiger partial charge in [-0.3, -0.25) is 0 Å². The third kappa shape index (κ3) is 5.41. The van der Waals surface area contributed by atoms with Crippen LogP contribution in [0.25, 0.3) is 22.3 Å². The normalized spacial score (nSPS) is 16.0. The van der Waals surface area contributed by atoms with Crippen LogP contribution in [0.2, 0.25) is 0 Å². The van der Waals surface area contributed by atoms with E-state index in [-0.39, 0.29) is 12.0 Å². The standard InChI is InChI=1S/C42H32N2O/c1-3-9-34(10-4-1)43-35-23-19-32(20-24-35)30-15-17-31(18-16-30)33-21-25-37(26-22-33)44(36-11-5-2-6-12-36)38-27-28-40-39-13-7-8-14-41(39)45-42(40)29-38/h1-29,39,41,43H. The number of nitrogens with one attached hydrogen (secondary N) is 1. The average Bonchev–Trinajstić information content (AvgIpc) is 3.48. The predicted octanol–water partition coefficient (Wildman–Crippen LogP) is 11.2. The molecule has 0 radical (unpaired) electrons. The van der Waals surface area contributed by atoms with Crippen LogP contribution in [0.3, 0.4) is 0 Å². The van der Waals surface area contributed by atoms with E-state index < -0.39 is 0 Å². The number of hydrogen-bond donors (Lipinski definition) is 1. The van der Waals surface area contributed by atoms with Gasteiger partial charge in [-0.15, -0.1) is 0 Å². The molecule has 45 heavy (non-hydrogen) atoms. The Morgan fingerprint density at radius 2 is 0.978 bits per heavy atom. The topological polar surface area (TPSA) is 24.5 Å². The van der Waals surface area contributed by atoms with E-state index in [0.29, 0.717) is 0 Å². The van der Waals surface area contributed by atoms with Crippen LogP contribution in [0.4, 0.5) is 28.4 Å². The van der Waals surface area contributed by atoms with Gasteiger partial charge in [0.15, 0.2) is 0 Å². The van der Waals surface area contributed by atoms with E-state index in [1.54, 1.807) is 0 Å². The molecule has 0 aromatic heterocycles. The number of para-hydroxylation sites is 2. The van der Waals surface area contributed by atoms with Gasteiger partial charge in [-0.25, -0.2) is 0 Å². The van der Waals surface area contributed by atoms with Gasteiger partial charge in [0.05, 0.1) is 0 Å². The van der Waals surface area contributed by atoms with Gasteiger partial charge in [0.1, 0.15) is 11.9 Å². The summed E-state index contributed by atoms with van der Waals surface area (Å²) in [5.74, 6) is 1.24. The molecule has 3 heteroatoms. The summed E-state index contributed by atoms with van der Waals surface area (Å²) in [6.45, 7) is 0. The average molecular weight is 581 g/mol. The fourth-order valence-electron chi connectivity index (χ4n) is 6.28. The highest BCUT2D eigenvalue weighted by molar-refractivity contribution is 5.80. The van der Waals surface area contributed by atoms with Crippen molar-refractivity contribution in [2.75, 3.05) is 10.2 Å². The zero-order chi connectivity index (χ0) is 30.0. The number of ether oxygens (including phenoxy) is 1. The lowest BCUT2D eigenvalue weighted by Crippen LogP contribution is -2.15. The molecule has 0 amide bonds. The molecule has 8 rings (SSSR count). The van der Waals surface area contributed by atoms with Gasteiger partial charge in [0, 0.05) is 46.0 Å². The number of allylic oxidation sites excluding steroid dienone is 2. The van der Waals surface area contributed by atoms with Gasteiger partial charge in [-0.2, -0.15) is 0 Å². The molecule has 6 aromatic carbocycles. The monoisotopic (exact) mass is 580 g/mol. The first-order valence-electron chi connectivity index (χ1n) is 15.4. The fraction of sp³-hybridized carbons (Fsp3) is 0.0476. The van der Waals surface area contributed by atoms with Gasteiger partial charge in [0.25, 0.3) is 0 Å². The number of nitrogens with zero attached hydrogens (tertiary/aromatic N) is 1. The van der Waals surface area contributed by atoms with Crippen molar-refractivity contribution in [1.29, 1.82) is 0 Å². The van der Waals surface area contributed by atoms with Gasteiger partial charge < -0.3 is 15.0 Å². The van der Waals surface area contributed by atoms with E-state index in [1.807, 2.05) is 18.2 Å². The van der Waals surface area contributed by atoms with Crippen molar-refractivity contribution in [2.24, 2.45) is 0 Å². The van der Waals surface area contributed by atoms with E-state index >= 15 is 0 Å². The highest BCUT2D eigenvalue weighted by Crippen LogP contribution is 2.45. The van der Waals surface area contributed by atoms with E-state index in [4.69, 9.17) is 4.74 Å². The van der Waals surface area contributed by atoms with Gasteiger partial charge in [-0.05, 0) is 82.9 Å². The Balaban J connectivity index is 1.03. The molecule has 6 aromatic rings.